The zero-order valence-corrected chi connectivity index (χ0v) is 13.8. The second-order valence-electron chi connectivity index (χ2n) is 5.26. The zero-order valence-electron chi connectivity index (χ0n) is 13.8. The Labute approximate surface area is 136 Å². The molecule has 2 aromatic rings. The van der Waals surface area contributed by atoms with Gasteiger partial charge >= 0.3 is 0 Å². The molecule has 0 radical (unpaired) electrons. The van der Waals surface area contributed by atoms with Crippen LogP contribution < -0.4 is 14.8 Å². The Kier molecular flexibility index (Phi) is 6.02. The van der Waals surface area contributed by atoms with E-state index < -0.39 is 0 Å². The number of aryl methyl sites for hydroxylation is 2. The maximum Gasteiger partial charge on any atom is 0.221 e. The van der Waals surface area contributed by atoms with E-state index in [0.29, 0.717) is 31.0 Å². The maximum absolute atomic E-state index is 11.8. The molecule has 0 aliphatic carbocycles. The van der Waals surface area contributed by atoms with Gasteiger partial charge in [0.05, 0.1) is 19.9 Å². The molecule has 1 aromatic heterocycles. The van der Waals surface area contributed by atoms with Crippen molar-refractivity contribution in [2.75, 3.05) is 20.8 Å². The van der Waals surface area contributed by atoms with Crippen LogP contribution in [-0.4, -0.2) is 36.5 Å². The quantitative estimate of drug-likeness (QED) is 0.808. The molecule has 6 heteroatoms. The minimum absolute atomic E-state index is 0.0265. The molecule has 0 bridgehead atoms. The van der Waals surface area contributed by atoms with Crippen LogP contribution in [0.3, 0.4) is 0 Å². The molecular formula is C17H23N3O3. The number of ether oxygens (including phenoxy) is 2. The van der Waals surface area contributed by atoms with Gasteiger partial charge in [-0.3, -0.25) is 9.48 Å². The number of hydrogen-bond acceptors (Lipinski definition) is 4. The normalized spacial score (nSPS) is 10.4. The third-order valence-electron chi connectivity index (χ3n) is 3.53. The lowest BCUT2D eigenvalue weighted by atomic mass is 10.1. The van der Waals surface area contributed by atoms with E-state index in [1.807, 2.05) is 37.4 Å². The molecule has 0 aliphatic rings. The van der Waals surface area contributed by atoms with Crippen LogP contribution in [0, 0.1) is 6.92 Å². The summed E-state index contributed by atoms with van der Waals surface area (Å²) in [4.78, 5) is 11.8. The third-order valence-corrected chi connectivity index (χ3v) is 3.53. The minimum atomic E-state index is 0.0265. The third kappa shape index (κ3) is 5.02. The number of nitrogens with one attached hydrogen (secondary N) is 1. The van der Waals surface area contributed by atoms with Gasteiger partial charge in [-0.1, -0.05) is 6.07 Å². The Bertz CT molecular complexity index is 652. The van der Waals surface area contributed by atoms with Gasteiger partial charge < -0.3 is 14.8 Å². The second kappa shape index (κ2) is 8.22. The number of rotatable bonds is 8. The Hall–Kier alpha value is -2.50. The van der Waals surface area contributed by atoms with E-state index in [-0.39, 0.29) is 5.91 Å². The molecule has 1 amide bonds. The van der Waals surface area contributed by atoms with Crippen molar-refractivity contribution in [2.45, 2.75) is 26.3 Å². The van der Waals surface area contributed by atoms with Crippen molar-refractivity contribution in [3.63, 3.8) is 0 Å². The topological polar surface area (TPSA) is 65.4 Å². The fourth-order valence-corrected chi connectivity index (χ4v) is 2.27. The van der Waals surface area contributed by atoms with Gasteiger partial charge in [0.15, 0.2) is 11.5 Å². The maximum atomic E-state index is 11.8. The van der Waals surface area contributed by atoms with E-state index in [4.69, 9.17) is 9.47 Å². The van der Waals surface area contributed by atoms with Crippen LogP contribution in [0.1, 0.15) is 17.7 Å². The van der Waals surface area contributed by atoms with E-state index in [9.17, 15) is 4.79 Å². The zero-order chi connectivity index (χ0) is 16.7. The largest absolute Gasteiger partial charge is 0.493 e. The number of nitrogens with zero attached hydrogens (tertiary/aromatic N) is 2. The SMILES string of the molecule is COc1ccc(CCNC(=O)CCn2ccc(C)n2)cc1OC. The van der Waals surface area contributed by atoms with Gasteiger partial charge in [0.2, 0.25) is 5.91 Å². The molecule has 6 nitrogen and oxygen atoms in total. The number of methoxy groups -OCH3 is 2. The first-order valence-corrected chi connectivity index (χ1v) is 7.60. The van der Waals surface area contributed by atoms with Crippen LogP contribution in [0.15, 0.2) is 30.5 Å². The Balaban J connectivity index is 1.74. The summed E-state index contributed by atoms with van der Waals surface area (Å²) in [6, 6.07) is 7.70. The molecule has 0 aliphatic heterocycles. The molecule has 1 heterocycles. The highest BCUT2D eigenvalue weighted by atomic mass is 16.5. The summed E-state index contributed by atoms with van der Waals surface area (Å²) in [5.74, 6) is 1.43. The van der Waals surface area contributed by atoms with Gasteiger partial charge in [-0.2, -0.15) is 5.10 Å². The first-order valence-electron chi connectivity index (χ1n) is 7.60. The van der Waals surface area contributed by atoms with Crippen LogP contribution in [0.4, 0.5) is 0 Å². The molecule has 1 N–H and O–H groups in total. The van der Waals surface area contributed by atoms with Crippen LogP contribution in [0.25, 0.3) is 0 Å². The molecule has 0 spiro atoms. The summed E-state index contributed by atoms with van der Waals surface area (Å²) in [6.45, 7) is 3.11. The minimum Gasteiger partial charge on any atom is -0.493 e. The number of carbonyl (C=O) groups is 1. The first kappa shape index (κ1) is 16.9. The van der Waals surface area contributed by atoms with Crippen LogP contribution >= 0.6 is 0 Å². The van der Waals surface area contributed by atoms with Crippen molar-refractivity contribution in [3.05, 3.63) is 41.7 Å². The van der Waals surface area contributed by atoms with Crippen LogP contribution in [0.2, 0.25) is 0 Å². The molecule has 23 heavy (non-hydrogen) atoms. The summed E-state index contributed by atoms with van der Waals surface area (Å²) < 4.78 is 12.3. The molecule has 0 atom stereocenters. The number of carbonyl (C=O) groups excluding carboxylic acids is 1. The highest BCUT2D eigenvalue weighted by Crippen LogP contribution is 2.27. The fraction of sp³-hybridized carbons (Fsp3) is 0.412. The van der Waals surface area contributed by atoms with Gasteiger partial charge in [0.1, 0.15) is 0 Å². The van der Waals surface area contributed by atoms with Crippen molar-refractivity contribution in [1.29, 1.82) is 0 Å². The van der Waals surface area contributed by atoms with Gasteiger partial charge in [-0.25, -0.2) is 0 Å². The summed E-state index contributed by atoms with van der Waals surface area (Å²) in [7, 11) is 3.22. The van der Waals surface area contributed by atoms with Crippen molar-refractivity contribution in [3.8, 4) is 11.5 Å². The number of hydrogen-bond donors (Lipinski definition) is 1. The molecule has 2 rings (SSSR count). The van der Waals surface area contributed by atoms with E-state index in [1.165, 1.54) is 0 Å². The van der Waals surface area contributed by atoms with E-state index in [2.05, 4.69) is 10.4 Å². The van der Waals surface area contributed by atoms with Crippen LogP contribution in [0.5, 0.6) is 11.5 Å². The Morgan fingerprint density at radius 2 is 2.00 bits per heavy atom. The summed E-state index contributed by atoms with van der Waals surface area (Å²) in [6.07, 6.45) is 3.05. The lowest BCUT2D eigenvalue weighted by molar-refractivity contribution is -0.121. The smallest absolute Gasteiger partial charge is 0.221 e. The summed E-state index contributed by atoms with van der Waals surface area (Å²) in [5.41, 5.74) is 2.05. The van der Waals surface area contributed by atoms with Crippen LogP contribution in [-0.2, 0) is 17.8 Å². The van der Waals surface area contributed by atoms with Gasteiger partial charge in [0, 0.05) is 25.7 Å². The highest BCUT2D eigenvalue weighted by molar-refractivity contribution is 5.75. The molecule has 0 saturated carbocycles. The standard InChI is InChI=1S/C17H23N3O3/c1-13-7-10-20(19-13)11-8-17(21)18-9-6-14-4-5-15(22-2)16(12-14)23-3/h4-5,7,10,12H,6,8-9,11H2,1-3H3,(H,18,21). The average molecular weight is 317 g/mol. The van der Waals surface area contributed by atoms with E-state index in [0.717, 1.165) is 17.7 Å². The first-order chi connectivity index (χ1) is 11.1. The average Bonchev–Trinajstić information content (AvgIpc) is 2.98. The lowest BCUT2D eigenvalue weighted by Gasteiger charge is -2.10. The Morgan fingerprint density at radius 3 is 2.65 bits per heavy atom. The monoisotopic (exact) mass is 317 g/mol. The van der Waals surface area contributed by atoms with E-state index in [1.54, 1.807) is 18.9 Å². The molecule has 0 fully saturated rings. The van der Waals surface area contributed by atoms with Gasteiger partial charge in [-0.15, -0.1) is 0 Å². The highest BCUT2D eigenvalue weighted by Gasteiger charge is 2.06. The predicted molar refractivity (Wildman–Crippen MR) is 87.8 cm³/mol. The fourth-order valence-electron chi connectivity index (χ4n) is 2.27. The van der Waals surface area contributed by atoms with Crippen molar-refractivity contribution >= 4 is 5.91 Å². The van der Waals surface area contributed by atoms with Crippen molar-refractivity contribution in [2.24, 2.45) is 0 Å². The Morgan fingerprint density at radius 1 is 1.22 bits per heavy atom. The number of aromatic nitrogens is 2. The lowest BCUT2D eigenvalue weighted by Crippen LogP contribution is -2.26. The van der Waals surface area contributed by atoms with Crippen molar-refractivity contribution < 1.29 is 14.3 Å². The number of amides is 1. The van der Waals surface area contributed by atoms with Gasteiger partial charge in [0.25, 0.3) is 0 Å². The van der Waals surface area contributed by atoms with E-state index >= 15 is 0 Å². The van der Waals surface area contributed by atoms with Gasteiger partial charge in [-0.05, 0) is 37.1 Å². The molecule has 0 saturated heterocycles. The molecule has 1 aromatic carbocycles. The molecule has 0 unspecified atom stereocenters. The summed E-state index contributed by atoms with van der Waals surface area (Å²) >= 11 is 0. The second-order valence-corrected chi connectivity index (χ2v) is 5.26. The predicted octanol–water partition coefficient (Wildman–Crippen LogP) is 1.96. The number of benzene rings is 1. The molecule has 124 valence electrons. The van der Waals surface area contributed by atoms with Crippen molar-refractivity contribution in [1.82, 2.24) is 15.1 Å². The molecular weight excluding hydrogens is 294 g/mol. The summed E-state index contributed by atoms with van der Waals surface area (Å²) in [5, 5.41) is 7.18.